The quantitative estimate of drug-likeness (QED) is 0.721. The minimum Gasteiger partial charge on any atom is -0.402 e. The number of hydrogen-bond acceptors (Lipinski definition) is 2. The molecule has 0 atom stereocenters. The Labute approximate surface area is 95.1 Å². The van der Waals surface area contributed by atoms with E-state index < -0.39 is 0 Å². The summed E-state index contributed by atoms with van der Waals surface area (Å²) in [5.41, 5.74) is 14.8. The maximum atomic E-state index is 5.96. The van der Waals surface area contributed by atoms with E-state index >= 15 is 0 Å². The largest absolute Gasteiger partial charge is 0.402 e. The van der Waals surface area contributed by atoms with Gasteiger partial charge < -0.3 is 16.5 Å². The first-order chi connectivity index (χ1) is 7.59. The fraction of sp³-hybridized carbons (Fsp3) is 0.231. The Hall–Kier alpha value is -1.90. The number of nitrogens with one attached hydrogen (secondary N) is 1. The second-order valence-electron chi connectivity index (χ2n) is 4.30. The number of para-hydroxylation sites is 1. The summed E-state index contributed by atoms with van der Waals surface area (Å²) >= 11 is 0. The minimum absolute atomic E-state index is 0.327. The van der Waals surface area contributed by atoms with Crippen LogP contribution in [0.15, 0.2) is 30.0 Å². The first kappa shape index (κ1) is 10.6. The molecule has 0 unspecified atom stereocenters. The lowest BCUT2D eigenvalue weighted by Gasteiger charge is -2.04. The van der Waals surface area contributed by atoms with E-state index in [1.807, 2.05) is 30.3 Å². The smallest absolute Gasteiger partial charge is 0.109 e. The summed E-state index contributed by atoms with van der Waals surface area (Å²) in [7, 11) is 0. The number of hydrogen-bond donors (Lipinski definition) is 3. The van der Waals surface area contributed by atoms with Gasteiger partial charge in [0.15, 0.2) is 0 Å². The second kappa shape index (κ2) is 3.93. The van der Waals surface area contributed by atoms with Crippen molar-refractivity contribution in [3.05, 3.63) is 35.5 Å². The number of nitrogens with two attached hydrogens (primary N) is 2. The lowest BCUT2D eigenvalue weighted by atomic mass is 10.1. The molecule has 16 heavy (non-hydrogen) atoms. The van der Waals surface area contributed by atoms with Crippen LogP contribution in [0.5, 0.6) is 0 Å². The van der Waals surface area contributed by atoms with Gasteiger partial charge in [0, 0.05) is 22.2 Å². The molecule has 0 bridgehead atoms. The van der Waals surface area contributed by atoms with Crippen molar-refractivity contribution in [1.82, 2.24) is 4.98 Å². The number of aromatic nitrogens is 1. The Balaban J connectivity index is 2.60. The maximum absolute atomic E-state index is 5.96. The van der Waals surface area contributed by atoms with Crippen molar-refractivity contribution in [3.8, 4) is 0 Å². The molecule has 1 aromatic carbocycles. The van der Waals surface area contributed by atoms with Gasteiger partial charge in [-0.1, -0.05) is 32.0 Å². The van der Waals surface area contributed by atoms with Crippen LogP contribution in [0, 0.1) is 5.92 Å². The van der Waals surface area contributed by atoms with Crippen LogP contribution < -0.4 is 11.5 Å². The third-order valence-electron chi connectivity index (χ3n) is 2.75. The zero-order chi connectivity index (χ0) is 11.7. The Morgan fingerprint density at radius 3 is 2.69 bits per heavy atom. The lowest BCUT2D eigenvalue weighted by molar-refractivity contribution is 0.764. The van der Waals surface area contributed by atoms with E-state index in [0.717, 1.165) is 22.2 Å². The van der Waals surface area contributed by atoms with Crippen LogP contribution in [0.1, 0.15) is 19.4 Å². The molecule has 0 aliphatic heterocycles. The number of H-pyrrole nitrogens is 1. The summed E-state index contributed by atoms with van der Waals surface area (Å²) in [5.74, 6) is 0.998. The van der Waals surface area contributed by atoms with E-state index in [0.29, 0.717) is 11.7 Å². The molecule has 0 fully saturated rings. The van der Waals surface area contributed by atoms with Crippen molar-refractivity contribution in [3.63, 3.8) is 0 Å². The van der Waals surface area contributed by atoms with E-state index in [4.69, 9.17) is 11.5 Å². The first-order valence-electron chi connectivity index (χ1n) is 5.43. The van der Waals surface area contributed by atoms with Gasteiger partial charge in [0.1, 0.15) is 5.82 Å². The fourth-order valence-corrected chi connectivity index (χ4v) is 1.67. The minimum atomic E-state index is 0.327. The lowest BCUT2D eigenvalue weighted by Crippen LogP contribution is -2.04. The van der Waals surface area contributed by atoms with Crippen molar-refractivity contribution >= 4 is 22.8 Å². The van der Waals surface area contributed by atoms with E-state index in [1.54, 1.807) is 0 Å². The van der Waals surface area contributed by atoms with Gasteiger partial charge in [0.2, 0.25) is 0 Å². The molecule has 3 heteroatoms. The van der Waals surface area contributed by atoms with Crippen LogP contribution in [-0.2, 0) is 0 Å². The molecule has 0 spiro atoms. The molecular formula is C13H17N3. The molecule has 0 amide bonds. The van der Waals surface area contributed by atoms with Gasteiger partial charge in [0.05, 0.1) is 0 Å². The number of fused-ring (bicyclic) bond motifs is 1. The van der Waals surface area contributed by atoms with Gasteiger partial charge in [-0.3, -0.25) is 0 Å². The second-order valence-corrected chi connectivity index (χ2v) is 4.30. The van der Waals surface area contributed by atoms with Gasteiger partial charge in [-0.05, 0) is 18.1 Å². The fourth-order valence-electron chi connectivity index (χ4n) is 1.67. The Bertz CT molecular complexity index is 535. The van der Waals surface area contributed by atoms with Crippen LogP contribution in [0.25, 0.3) is 17.0 Å². The zero-order valence-corrected chi connectivity index (χ0v) is 9.62. The molecule has 0 aliphatic rings. The first-order valence-corrected chi connectivity index (χ1v) is 5.43. The summed E-state index contributed by atoms with van der Waals surface area (Å²) in [6.07, 6.45) is 1.96. The molecular weight excluding hydrogens is 198 g/mol. The Morgan fingerprint density at radius 2 is 2.00 bits per heavy atom. The average Bonchev–Trinajstić information content (AvgIpc) is 2.55. The van der Waals surface area contributed by atoms with Gasteiger partial charge in [-0.15, -0.1) is 0 Å². The molecule has 0 aliphatic carbocycles. The molecule has 5 N–H and O–H groups in total. The highest BCUT2D eigenvalue weighted by atomic mass is 14.8. The van der Waals surface area contributed by atoms with Crippen LogP contribution in [0.4, 0.5) is 5.82 Å². The van der Waals surface area contributed by atoms with Crippen molar-refractivity contribution < 1.29 is 0 Å². The van der Waals surface area contributed by atoms with E-state index in [2.05, 4.69) is 18.8 Å². The molecule has 0 saturated heterocycles. The number of rotatable bonds is 2. The molecule has 2 aromatic rings. The third-order valence-corrected chi connectivity index (χ3v) is 2.75. The molecule has 2 rings (SSSR count). The van der Waals surface area contributed by atoms with Crippen LogP contribution in [0.3, 0.4) is 0 Å². The van der Waals surface area contributed by atoms with Crippen LogP contribution >= 0.6 is 0 Å². The predicted molar refractivity (Wildman–Crippen MR) is 69.7 cm³/mol. The average molecular weight is 215 g/mol. The summed E-state index contributed by atoms with van der Waals surface area (Å²) in [5, 5.41) is 1.11. The number of benzene rings is 1. The predicted octanol–water partition coefficient (Wildman–Crippen LogP) is 2.71. The highest BCUT2D eigenvalue weighted by Crippen LogP contribution is 2.26. The number of anilines is 1. The number of aromatic amines is 1. The highest BCUT2D eigenvalue weighted by molar-refractivity contribution is 5.94. The molecule has 1 heterocycles. The van der Waals surface area contributed by atoms with Crippen molar-refractivity contribution in [1.29, 1.82) is 0 Å². The van der Waals surface area contributed by atoms with E-state index in [-0.39, 0.29) is 0 Å². The summed E-state index contributed by atoms with van der Waals surface area (Å²) in [6.45, 7) is 4.13. The standard InChI is InChI=1S/C13H17N3/c1-8(2)11(14)7-10-9-5-3-4-6-12(9)16-13(10)15/h3-8,16H,14-15H2,1-2H3/b11-7-. The molecule has 3 nitrogen and oxygen atoms in total. The number of nitrogen functional groups attached to an aromatic ring is 1. The summed E-state index contributed by atoms with van der Waals surface area (Å²) < 4.78 is 0. The van der Waals surface area contributed by atoms with Crippen molar-refractivity contribution in [2.75, 3.05) is 5.73 Å². The number of allylic oxidation sites excluding steroid dienone is 1. The van der Waals surface area contributed by atoms with E-state index in [9.17, 15) is 0 Å². The van der Waals surface area contributed by atoms with Gasteiger partial charge in [-0.25, -0.2) is 0 Å². The Morgan fingerprint density at radius 1 is 1.31 bits per heavy atom. The molecule has 0 saturated carbocycles. The maximum Gasteiger partial charge on any atom is 0.109 e. The zero-order valence-electron chi connectivity index (χ0n) is 9.62. The Kier molecular flexibility index (Phi) is 2.60. The summed E-state index contributed by atoms with van der Waals surface area (Å²) in [6, 6.07) is 8.03. The van der Waals surface area contributed by atoms with Crippen molar-refractivity contribution in [2.45, 2.75) is 13.8 Å². The van der Waals surface area contributed by atoms with Gasteiger partial charge >= 0.3 is 0 Å². The summed E-state index contributed by atoms with van der Waals surface area (Å²) in [4.78, 5) is 3.15. The molecule has 1 aromatic heterocycles. The van der Waals surface area contributed by atoms with Crippen LogP contribution in [-0.4, -0.2) is 4.98 Å². The SMILES string of the molecule is CC(C)/C(N)=C/c1c(N)[nH]c2ccccc12. The third kappa shape index (κ3) is 1.76. The van der Waals surface area contributed by atoms with Gasteiger partial charge in [-0.2, -0.15) is 0 Å². The van der Waals surface area contributed by atoms with Crippen LogP contribution in [0.2, 0.25) is 0 Å². The molecule has 0 radical (unpaired) electrons. The van der Waals surface area contributed by atoms with Crippen molar-refractivity contribution in [2.24, 2.45) is 11.7 Å². The monoisotopic (exact) mass is 215 g/mol. The van der Waals surface area contributed by atoms with Gasteiger partial charge in [0.25, 0.3) is 0 Å². The van der Waals surface area contributed by atoms with E-state index in [1.165, 1.54) is 0 Å². The highest BCUT2D eigenvalue weighted by Gasteiger charge is 2.07. The normalized spacial score (nSPS) is 12.6. The topological polar surface area (TPSA) is 67.8 Å². The molecule has 84 valence electrons.